The van der Waals surface area contributed by atoms with Crippen LogP contribution >= 0.6 is 0 Å². The highest BCUT2D eigenvalue weighted by Crippen LogP contribution is 2.19. The molecule has 18 heavy (non-hydrogen) atoms. The van der Waals surface area contributed by atoms with E-state index in [1.165, 1.54) is 5.56 Å². The highest BCUT2D eigenvalue weighted by atomic mass is 16.5. The van der Waals surface area contributed by atoms with Gasteiger partial charge in [0.25, 0.3) is 0 Å². The summed E-state index contributed by atoms with van der Waals surface area (Å²) in [4.78, 5) is 4.09. The van der Waals surface area contributed by atoms with Gasteiger partial charge in [0.05, 0.1) is 6.10 Å². The van der Waals surface area contributed by atoms with Crippen molar-refractivity contribution in [2.45, 2.75) is 26.4 Å². The van der Waals surface area contributed by atoms with Crippen LogP contribution < -0.4 is 10.5 Å². The van der Waals surface area contributed by atoms with Gasteiger partial charge in [-0.3, -0.25) is 0 Å². The lowest BCUT2D eigenvalue weighted by Gasteiger charge is -2.11. The summed E-state index contributed by atoms with van der Waals surface area (Å²) in [5, 5.41) is 0. The molecule has 0 fully saturated rings. The van der Waals surface area contributed by atoms with Gasteiger partial charge in [-0.2, -0.15) is 0 Å². The molecule has 0 bridgehead atoms. The molecular weight excluding hydrogens is 224 g/mol. The second-order valence-electron chi connectivity index (χ2n) is 4.54. The molecule has 2 rings (SSSR count). The summed E-state index contributed by atoms with van der Waals surface area (Å²) in [6.07, 6.45) is 2.66. The predicted octanol–water partition coefficient (Wildman–Crippen LogP) is 3.04. The summed E-state index contributed by atoms with van der Waals surface area (Å²) in [6.45, 7) is 4.04. The lowest BCUT2D eigenvalue weighted by atomic mass is 10.1. The number of aromatic nitrogens is 1. The van der Waals surface area contributed by atoms with Crippen LogP contribution in [0.4, 0.5) is 5.82 Å². The van der Waals surface area contributed by atoms with Crippen molar-refractivity contribution in [1.82, 2.24) is 4.98 Å². The molecule has 0 radical (unpaired) electrons. The Balaban J connectivity index is 2.17. The first kappa shape index (κ1) is 12.4. The van der Waals surface area contributed by atoms with Crippen molar-refractivity contribution in [2.75, 3.05) is 5.73 Å². The minimum atomic E-state index is 0.184. The maximum atomic E-state index is 5.84. The third-order valence-electron chi connectivity index (χ3n) is 2.59. The smallest absolute Gasteiger partial charge is 0.126 e. The van der Waals surface area contributed by atoms with Gasteiger partial charge in [0.1, 0.15) is 11.6 Å². The number of hydrogen-bond donors (Lipinski definition) is 1. The van der Waals surface area contributed by atoms with Gasteiger partial charge in [-0.1, -0.05) is 18.2 Å². The van der Waals surface area contributed by atoms with E-state index in [0.29, 0.717) is 5.82 Å². The molecule has 0 saturated carbocycles. The normalized spacial score (nSPS) is 10.6. The van der Waals surface area contributed by atoms with E-state index < -0.39 is 0 Å². The van der Waals surface area contributed by atoms with E-state index >= 15 is 0 Å². The second kappa shape index (κ2) is 5.54. The minimum Gasteiger partial charge on any atom is -0.491 e. The van der Waals surface area contributed by atoms with Crippen molar-refractivity contribution in [1.29, 1.82) is 0 Å². The number of nitrogens with two attached hydrogens (primary N) is 1. The first-order valence-corrected chi connectivity index (χ1v) is 6.10. The number of pyridine rings is 1. The molecule has 0 aliphatic heterocycles. The monoisotopic (exact) mass is 242 g/mol. The zero-order valence-electron chi connectivity index (χ0n) is 10.8. The van der Waals surface area contributed by atoms with Gasteiger partial charge in [-0.05, 0) is 43.2 Å². The van der Waals surface area contributed by atoms with Crippen LogP contribution in [0.2, 0.25) is 0 Å². The van der Waals surface area contributed by atoms with Gasteiger partial charge in [0.2, 0.25) is 0 Å². The number of anilines is 1. The zero-order valence-corrected chi connectivity index (χ0v) is 10.8. The Morgan fingerprint density at radius 3 is 2.78 bits per heavy atom. The number of hydrogen-bond acceptors (Lipinski definition) is 3. The van der Waals surface area contributed by atoms with Gasteiger partial charge in [0.15, 0.2) is 0 Å². The molecule has 1 aromatic heterocycles. The van der Waals surface area contributed by atoms with Gasteiger partial charge in [0, 0.05) is 12.6 Å². The number of benzene rings is 1. The molecule has 1 aromatic carbocycles. The molecule has 2 aromatic rings. The summed E-state index contributed by atoms with van der Waals surface area (Å²) in [5.74, 6) is 1.48. The lowest BCUT2D eigenvalue weighted by Crippen LogP contribution is -2.05. The Morgan fingerprint density at radius 1 is 1.22 bits per heavy atom. The van der Waals surface area contributed by atoms with Crippen molar-refractivity contribution < 1.29 is 4.74 Å². The zero-order chi connectivity index (χ0) is 13.0. The number of ether oxygens (including phenoxy) is 1. The van der Waals surface area contributed by atoms with Crippen LogP contribution in [0.1, 0.15) is 25.0 Å². The van der Waals surface area contributed by atoms with E-state index in [9.17, 15) is 0 Å². The topological polar surface area (TPSA) is 48.1 Å². The van der Waals surface area contributed by atoms with E-state index in [1.807, 2.05) is 44.2 Å². The fourth-order valence-electron chi connectivity index (χ4n) is 1.82. The van der Waals surface area contributed by atoms with Crippen LogP contribution in [0.25, 0.3) is 0 Å². The first-order chi connectivity index (χ1) is 8.65. The fourth-order valence-corrected chi connectivity index (χ4v) is 1.82. The standard InChI is InChI=1S/C15H18N2O/c1-11(2)18-14-7-3-5-12(10-14)9-13-6-4-8-17-15(13)16/h3-8,10-11H,9H2,1-2H3,(H2,16,17). The molecule has 3 heteroatoms. The Labute approximate surface area is 108 Å². The largest absolute Gasteiger partial charge is 0.491 e. The van der Waals surface area contributed by atoms with Crippen LogP contribution in [0, 0.1) is 0 Å². The van der Waals surface area contributed by atoms with Crippen LogP contribution in [-0.2, 0) is 6.42 Å². The molecule has 2 N–H and O–H groups in total. The molecule has 0 spiro atoms. The SMILES string of the molecule is CC(C)Oc1cccc(Cc2cccnc2N)c1. The van der Waals surface area contributed by atoms with Crippen molar-refractivity contribution in [3.63, 3.8) is 0 Å². The Morgan fingerprint density at radius 2 is 2.06 bits per heavy atom. The van der Waals surface area contributed by atoms with Crippen molar-refractivity contribution in [2.24, 2.45) is 0 Å². The summed E-state index contributed by atoms with van der Waals surface area (Å²) >= 11 is 0. The number of nitrogen functional groups attached to an aromatic ring is 1. The maximum Gasteiger partial charge on any atom is 0.126 e. The van der Waals surface area contributed by atoms with E-state index in [2.05, 4.69) is 11.1 Å². The molecule has 3 nitrogen and oxygen atoms in total. The summed E-state index contributed by atoms with van der Waals surface area (Å²) < 4.78 is 5.68. The van der Waals surface area contributed by atoms with Crippen LogP contribution in [0.3, 0.4) is 0 Å². The Hall–Kier alpha value is -2.03. The van der Waals surface area contributed by atoms with Crippen LogP contribution in [0.5, 0.6) is 5.75 Å². The quantitative estimate of drug-likeness (QED) is 0.896. The molecule has 94 valence electrons. The van der Waals surface area contributed by atoms with E-state index in [1.54, 1.807) is 6.20 Å². The molecule has 0 unspecified atom stereocenters. The van der Waals surface area contributed by atoms with E-state index in [4.69, 9.17) is 10.5 Å². The molecular formula is C15H18N2O. The summed E-state index contributed by atoms with van der Waals surface area (Å²) in [5.41, 5.74) is 8.06. The molecule has 0 amide bonds. The van der Waals surface area contributed by atoms with Gasteiger partial charge in [-0.25, -0.2) is 4.98 Å². The predicted molar refractivity (Wildman–Crippen MR) is 73.7 cm³/mol. The number of rotatable bonds is 4. The van der Waals surface area contributed by atoms with Crippen LogP contribution in [-0.4, -0.2) is 11.1 Å². The summed E-state index contributed by atoms with van der Waals surface area (Å²) in [7, 11) is 0. The average molecular weight is 242 g/mol. The fraction of sp³-hybridized carbons (Fsp3) is 0.267. The molecule has 0 atom stereocenters. The van der Waals surface area contributed by atoms with Crippen molar-refractivity contribution in [3.05, 3.63) is 53.7 Å². The average Bonchev–Trinajstić information content (AvgIpc) is 2.32. The molecule has 0 aliphatic rings. The van der Waals surface area contributed by atoms with Gasteiger partial charge >= 0.3 is 0 Å². The maximum absolute atomic E-state index is 5.84. The third-order valence-corrected chi connectivity index (χ3v) is 2.59. The number of nitrogens with zero attached hydrogens (tertiary/aromatic N) is 1. The lowest BCUT2D eigenvalue weighted by molar-refractivity contribution is 0.242. The third kappa shape index (κ3) is 3.23. The molecule has 0 aliphatic carbocycles. The van der Waals surface area contributed by atoms with Crippen molar-refractivity contribution >= 4 is 5.82 Å². The molecule has 1 heterocycles. The Bertz CT molecular complexity index is 523. The van der Waals surface area contributed by atoms with E-state index in [-0.39, 0.29) is 6.10 Å². The van der Waals surface area contributed by atoms with Gasteiger partial charge in [-0.15, -0.1) is 0 Å². The highest BCUT2D eigenvalue weighted by Gasteiger charge is 2.03. The highest BCUT2D eigenvalue weighted by molar-refractivity contribution is 5.42. The second-order valence-corrected chi connectivity index (χ2v) is 4.54. The Kier molecular flexibility index (Phi) is 3.82. The first-order valence-electron chi connectivity index (χ1n) is 6.10. The minimum absolute atomic E-state index is 0.184. The van der Waals surface area contributed by atoms with Crippen molar-refractivity contribution in [3.8, 4) is 5.75 Å². The van der Waals surface area contributed by atoms with E-state index in [0.717, 1.165) is 17.7 Å². The van der Waals surface area contributed by atoms with Crippen LogP contribution in [0.15, 0.2) is 42.6 Å². The molecule has 0 saturated heterocycles. The summed E-state index contributed by atoms with van der Waals surface area (Å²) in [6, 6.07) is 12.0. The van der Waals surface area contributed by atoms with Gasteiger partial charge < -0.3 is 10.5 Å².